The number of aromatic nitrogens is 4. The third-order valence-electron chi connectivity index (χ3n) is 4.33. The molecule has 10 heteroatoms. The molecule has 10 nitrogen and oxygen atoms in total. The van der Waals surface area contributed by atoms with Crippen LogP contribution in [0.15, 0.2) is 58.3 Å². The van der Waals surface area contributed by atoms with Crippen LogP contribution < -0.4 is 10.1 Å². The van der Waals surface area contributed by atoms with Crippen LogP contribution in [0.1, 0.15) is 22.2 Å². The number of allylic oxidation sites excluding steroid dienone is 1. The van der Waals surface area contributed by atoms with Crippen LogP contribution in [0.5, 0.6) is 5.75 Å². The fraction of sp³-hybridized carbons (Fsp3) is 0.167. The number of Topliss-reactive ketones (excluding diaryl/α,β-unsaturated/α-hetero) is 1. The van der Waals surface area contributed by atoms with Crippen LogP contribution >= 0.6 is 0 Å². The summed E-state index contributed by atoms with van der Waals surface area (Å²) < 4.78 is 16.7. The van der Waals surface area contributed by atoms with Gasteiger partial charge in [-0.3, -0.25) is 4.79 Å². The molecule has 1 aliphatic rings. The van der Waals surface area contributed by atoms with E-state index in [1.54, 1.807) is 37.4 Å². The number of hydrogen-bond donors (Lipinski definition) is 1. The summed E-state index contributed by atoms with van der Waals surface area (Å²) in [6, 6.07) is 9.36. The Morgan fingerprint density at radius 2 is 1.96 bits per heavy atom. The average Bonchev–Trinajstić information content (AvgIpc) is 3.43. The Balaban J connectivity index is 1.93. The number of hydrogen-bond acceptors (Lipinski definition) is 9. The topological polar surface area (TPSA) is 121 Å². The second kappa shape index (κ2) is 6.99. The predicted molar refractivity (Wildman–Crippen MR) is 94.7 cm³/mol. The third-order valence-corrected chi connectivity index (χ3v) is 4.33. The van der Waals surface area contributed by atoms with Gasteiger partial charge in [0.25, 0.3) is 0 Å². The fourth-order valence-corrected chi connectivity index (χ4v) is 3.02. The molecule has 0 radical (unpaired) electrons. The first-order valence-electron chi connectivity index (χ1n) is 8.23. The van der Waals surface area contributed by atoms with Crippen LogP contribution in [0.3, 0.4) is 0 Å². The van der Waals surface area contributed by atoms with Crippen LogP contribution in [0, 0.1) is 0 Å². The van der Waals surface area contributed by atoms with E-state index in [4.69, 9.17) is 13.9 Å². The molecule has 2 aromatic heterocycles. The molecule has 0 amide bonds. The lowest BCUT2D eigenvalue weighted by atomic mass is 9.91. The summed E-state index contributed by atoms with van der Waals surface area (Å²) in [6.45, 7) is 0. The number of anilines is 1. The van der Waals surface area contributed by atoms with E-state index in [1.807, 2.05) is 0 Å². The standard InChI is InChI=1S/C18H15N5O5/c1-26-11-7-5-10(6-8-11)15-13(16(24)12-4-3-9-28-12)14(17(25)27-2)19-18-20-21-22-23(15)18/h3-9,15H,1-2H3,(H,19,20,22). The normalized spacial score (nSPS) is 15.6. The molecule has 28 heavy (non-hydrogen) atoms. The third kappa shape index (κ3) is 2.80. The molecule has 0 aliphatic carbocycles. The summed E-state index contributed by atoms with van der Waals surface area (Å²) in [5, 5.41) is 14.3. The Morgan fingerprint density at radius 1 is 1.18 bits per heavy atom. The van der Waals surface area contributed by atoms with Crippen molar-refractivity contribution in [3.05, 3.63) is 65.3 Å². The number of rotatable bonds is 5. The molecule has 3 heterocycles. The molecule has 0 spiro atoms. The Labute approximate surface area is 158 Å². The molecule has 1 N–H and O–H groups in total. The number of carbonyl (C=O) groups is 2. The Kier molecular flexibility index (Phi) is 4.36. The zero-order chi connectivity index (χ0) is 19.7. The van der Waals surface area contributed by atoms with E-state index >= 15 is 0 Å². The van der Waals surface area contributed by atoms with Gasteiger partial charge in [0.1, 0.15) is 17.5 Å². The lowest BCUT2D eigenvalue weighted by Gasteiger charge is -2.27. The highest BCUT2D eigenvalue weighted by atomic mass is 16.5. The van der Waals surface area contributed by atoms with E-state index < -0.39 is 17.8 Å². The maximum Gasteiger partial charge on any atom is 0.355 e. The number of ether oxygens (including phenoxy) is 2. The summed E-state index contributed by atoms with van der Waals surface area (Å²) in [4.78, 5) is 25.7. The maximum atomic E-state index is 13.2. The number of nitrogens with one attached hydrogen (secondary N) is 1. The zero-order valence-corrected chi connectivity index (χ0v) is 14.9. The minimum atomic E-state index is -0.774. The lowest BCUT2D eigenvalue weighted by Crippen LogP contribution is -2.32. The molecule has 1 aliphatic heterocycles. The van der Waals surface area contributed by atoms with Crippen molar-refractivity contribution < 1.29 is 23.5 Å². The number of carbonyl (C=O) groups excluding carboxylic acids is 2. The molecule has 0 saturated heterocycles. The largest absolute Gasteiger partial charge is 0.497 e. The molecule has 0 fully saturated rings. The van der Waals surface area contributed by atoms with Crippen LogP contribution in [0.4, 0.5) is 5.95 Å². The van der Waals surface area contributed by atoms with Crippen molar-refractivity contribution in [3.8, 4) is 5.75 Å². The van der Waals surface area contributed by atoms with E-state index in [9.17, 15) is 9.59 Å². The second-order valence-electron chi connectivity index (χ2n) is 5.83. The summed E-state index contributed by atoms with van der Waals surface area (Å²) in [5.74, 6) is -0.279. The first-order valence-corrected chi connectivity index (χ1v) is 8.23. The van der Waals surface area contributed by atoms with Gasteiger partial charge in [0.05, 0.1) is 26.1 Å². The maximum absolute atomic E-state index is 13.2. The van der Waals surface area contributed by atoms with Crippen LogP contribution in [-0.2, 0) is 9.53 Å². The highest BCUT2D eigenvalue weighted by Crippen LogP contribution is 2.37. The number of methoxy groups -OCH3 is 2. The monoisotopic (exact) mass is 381 g/mol. The molecule has 0 bridgehead atoms. The number of ketones is 1. The first kappa shape index (κ1) is 17.5. The molecule has 3 aromatic rings. The van der Waals surface area contributed by atoms with E-state index in [0.717, 1.165) is 0 Å². The van der Waals surface area contributed by atoms with Crippen molar-refractivity contribution in [1.82, 2.24) is 20.2 Å². The first-order chi connectivity index (χ1) is 13.6. The Hall–Kier alpha value is -3.95. The fourth-order valence-electron chi connectivity index (χ4n) is 3.02. The minimum Gasteiger partial charge on any atom is -0.497 e. The number of esters is 1. The van der Waals surface area contributed by atoms with Gasteiger partial charge in [0, 0.05) is 0 Å². The zero-order valence-electron chi connectivity index (χ0n) is 14.9. The molecular weight excluding hydrogens is 366 g/mol. The van der Waals surface area contributed by atoms with E-state index in [1.165, 1.54) is 24.1 Å². The Morgan fingerprint density at radius 3 is 2.61 bits per heavy atom. The van der Waals surface area contributed by atoms with Gasteiger partial charge < -0.3 is 19.2 Å². The van der Waals surface area contributed by atoms with Crippen molar-refractivity contribution in [1.29, 1.82) is 0 Å². The SMILES string of the molecule is COC(=O)C1=C(C(=O)c2ccco2)C(c2ccc(OC)cc2)n2nnnc2N1. The van der Waals surface area contributed by atoms with Crippen molar-refractivity contribution in [2.24, 2.45) is 0 Å². The van der Waals surface area contributed by atoms with Gasteiger partial charge in [0.2, 0.25) is 11.7 Å². The van der Waals surface area contributed by atoms with Gasteiger partial charge in [-0.25, -0.2) is 4.79 Å². The number of tetrazole rings is 1. The van der Waals surface area contributed by atoms with Gasteiger partial charge in [-0.2, -0.15) is 4.68 Å². The minimum absolute atomic E-state index is 0.0491. The molecule has 4 rings (SSSR count). The van der Waals surface area contributed by atoms with Gasteiger partial charge in [-0.1, -0.05) is 17.2 Å². The van der Waals surface area contributed by atoms with Crippen molar-refractivity contribution >= 4 is 17.7 Å². The average molecular weight is 381 g/mol. The molecule has 1 aromatic carbocycles. The van der Waals surface area contributed by atoms with Crippen LogP contribution in [0.2, 0.25) is 0 Å². The van der Waals surface area contributed by atoms with Gasteiger partial charge in [0.15, 0.2) is 5.76 Å². The number of furan rings is 1. The molecule has 0 saturated carbocycles. The number of nitrogens with zero attached hydrogens (tertiary/aromatic N) is 4. The van der Waals surface area contributed by atoms with Gasteiger partial charge >= 0.3 is 5.97 Å². The second-order valence-corrected chi connectivity index (χ2v) is 5.83. The lowest BCUT2D eigenvalue weighted by molar-refractivity contribution is -0.136. The van der Waals surface area contributed by atoms with Crippen molar-refractivity contribution in [2.45, 2.75) is 6.04 Å². The highest BCUT2D eigenvalue weighted by Gasteiger charge is 2.39. The summed E-state index contributed by atoms with van der Waals surface area (Å²) in [7, 11) is 2.78. The Bertz CT molecular complexity index is 1050. The summed E-state index contributed by atoms with van der Waals surface area (Å²) in [5.41, 5.74) is 0.728. The highest BCUT2D eigenvalue weighted by molar-refractivity contribution is 6.13. The van der Waals surface area contributed by atoms with Gasteiger partial charge in [-0.05, 0) is 40.3 Å². The van der Waals surface area contributed by atoms with Crippen LogP contribution in [-0.4, -0.2) is 46.2 Å². The summed E-state index contributed by atoms with van der Waals surface area (Å²) in [6.07, 6.45) is 1.38. The molecule has 1 atom stereocenters. The van der Waals surface area contributed by atoms with Crippen molar-refractivity contribution in [3.63, 3.8) is 0 Å². The molecule has 1 unspecified atom stereocenters. The number of benzene rings is 1. The van der Waals surface area contributed by atoms with Crippen molar-refractivity contribution in [2.75, 3.05) is 19.5 Å². The van der Waals surface area contributed by atoms with Crippen LogP contribution in [0.25, 0.3) is 0 Å². The molecular formula is C18H15N5O5. The number of fused-ring (bicyclic) bond motifs is 1. The van der Waals surface area contributed by atoms with E-state index in [-0.39, 0.29) is 23.0 Å². The predicted octanol–water partition coefficient (Wildman–Crippen LogP) is 1.60. The summed E-state index contributed by atoms with van der Waals surface area (Å²) >= 11 is 0. The van der Waals surface area contributed by atoms with E-state index in [0.29, 0.717) is 11.3 Å². The van der Waals surface area contributed by atoms with E-state index in [2.05, 4.69) is 20.8 Å². The van der Waals surface area contributed by atoms with Gasteiger partial charge in [-0.15, -0.1) is 0 Å². The smallest absolute Gasteiger partial charge is 0.355 e. The quantitative estimate of drug-likeness (QED) is 0.519. The molecule has 142 valence electrons.